The Labute approximate surface area is 116 Å². The number of methoxy groups -OCH3 is 2. The Hall–Kier alpha value is -1.26. The van der Waals surface area contributed by atoms with Gasteiger partial charge in [-0.1, -0.05) is 0 Å². The fourth-order valence-electron chi connectivity index (χ4n) is 1.59. The number of nitrogens with one attached hydrogen (secondary N) is 1. The number of benzene rings is 1. The smallest absolute Gasteiger partial charge is 0.134 e. The van der Waals surface area contributed by atoms with Gasteiger partial charge in [-0.15, -0.1) is 0 Å². The number of rotatable bonds is 7. The van der Waals surface area contributed by atoms with Crippen molar-refractivity contribution in [2.24, 2.45) is 0 Å². The van der Waals surface area contributed by atoms with Gasteiger partial charge in [0.2, 0.25) is 0 Å². The van der Waals surface area contributed by atoms with Crippen molar-refractivity contribution < 1.29 is 14.2 Å². The summed E-state index contributed by atoms with van der Waals surface area (Å²) in [6.45, 7) is 7.68. The Balaban J connectivity index is 2.56. The van der Waals surface area contributed by atoms with Gasteiger partial charge in [0.1, 0.15) is 17.6 Å². The van der Waals surface area contributed by atoms with E-state index in [1.165, 1.54) is 0 Å². The molecule has 1 N–H and O–H groups in total. The Morgan fingerprint density at radius 1 is 1.05 bits per heavy atom. The third kappa shape index (κ3) is 6.45. The summed E-state index contributed by atoms with van der Waals surface area (Å²) in [6.07, 6.45) is -0.0161. The topological polar surface area (TPSA) is 39.7 Å². The van der Waals surface area contributed by atoms with Crippen molar-refractivity contribution >= 4 is 0 Å². The lowest BCUT2D eigenvalue weighted by atomic mass is 10.1. The van der Waals surface area contributed by atoms with Crippen LogP contribution in [-0.2, 0) is 4.74 Å². The van der Waals surface area contributed by atoms with Crippen molar-refractivity contribution in [3.63, 3.8) is 0 Å². The summed E-state index contributed by atoms with van der Waals surface area (Å²) in [7, 11) is 3.33. The van der Waals surface area contributed by atoms with Crippen LogP contribution in [0.25, 0.3) is 0 Å². The van der Waals surface area contributed by atoms with E-state index < -0.39 is 0 Å². The second kappa shape index (κ2) is 7.36. The van der Waals surface area contributed by atoms with Crippen molar-refractivity contribution in [2.45, 2.75) is 32.4 Å². The highest BCUT2D eigenvalue weighted by Gasteiger charge is 2.15. The molecular weight excluding hydrogens is 242 g/mol. The van der Waals surface area contributed by atoms with Crippen LogP contribution in [0, 0.1) is 0 Å². The van der Waals surface area contributed by atoms with Gasteiger partial charge in [-0.25, -0.2) is 0 Å². The summed E-state index contributed by atoms with van der Waals surface area (Å²) in [6, 6.07) is 7.57. The molecule has 1 aromatic rings. The van der Waals surface area contributed by atoms with Gasteiger partial charge in [0.15, 0.2) is 0 Å². The van der Waals surface area contributed by atoms with E-state index in [2.05, 4.69) is 26.1 Å². The van der Waals surface area contributed by atoms with E-state index in [0.717, 1.165) is 18.0 Å². The van der Waals surface area contributed by atoms with E-state index in [1.807, 2.05) is 24.3 Å². The van der Waals surface area contributed by atoms with E-state index >= 15 is 0 Å². The monoisotopic (exact) mass is 267 g/mol. The molecular formula is C15H25NO3. The maximum absolute atomic E-state index is 5.91. The summed E-state index contributed by atoms with van der Waals surface area (Å²) < 4.78 is 16.2. The quantitative estimate of drug-likeness (QED) is 0.824. The third-order valence-corrected chi connectivity index (χ3v) is 2.57. The van der Waals surface area contributed by atoms with E-state index in [-0.39, 0.29) is 11.6 Å². The fraction of sp³-hybridized carbons (Fsp3) is 0.600. The molecule has 1 aromatic carbocycles. The minimum absolute atomic E-state index is 0.0161. The molecule has 4 nitrogen and oxygen atoms in total. The molecule has 0 spiro atoms. The Bertz CT molecular complexity index is 357. The lowest BCUT2D eigenvalue weighted by Crippen LogP contribution is -2.44. The van der Waals surface area contributed by atoms with Gasteiger partial charge in [-0.3, -0.25) is 0 Å². The van der Waals surface area contributed by atoms with Crippen molar-refractivity contribution in [1.82, 2.24) is 5.32 Å². The Morgan fingerprint density at radius 3 is 2.11 bits per heavy atom. The molecule has 0 saturated heterocycles. The number of ether oxygens (including phenoxy) is 3. The maximum Gasteiger partial charge on any atom is 0.134 e. The van der Waals surface area contributed by atoms with E-state index in [1.54, 1.807) is 14.2 Å². The molecule has 108 valence electrons. The van der Waals surface area contributed by atoms with Crippen LogP contribution in [0.15, 0.2) is 24.3 Å². The molecule has 19 heavy (non-hydrogen) atoms. The lowest BCUT2D eigenvalue weighted by molar-refractivity contribution is 0.0764. The molecule has 0 aliphatic heterocycles. The van der Waals surface area contributed by atoms with Crippen LogP contribution in [0.4, 0.5) is 0 Å². The van der Waals surface area contributed by atoms with Gasteiger partial charge in [0.05, 0.1) is 13.7 Å². The summed E-state index contributed by atoms with van der Waals surface area (Å²) in [5.41, 5.74) is 0.0647. The molecule has 0 fully saturated rings. The van der Waals surface area contributed by atoms with Crippen LogP contribution >= 0.6 is 0 Å². The molecule has 0 amide bonds. The molecule has 0 aliphatic carbocycles. The second-order valence-corrected chi connectivity index (χ2v) is 5.50. The largest absolute Gasteiger partial charge is 0.497 e. The zero-order chi connectivity index (χ0) is 14.3. The summed E-state index contributed by atoms with van der Waals surface area (Å²) in [5, 5.41) is 3.42. The van der Waals surface area contributed by atoms with Gasteiger partial charge in [-0.05, 0) is 45.0 Å². The highest BCUT2D eigenvalue weighted by molar-refractivity contribution is 5.31. The predicted octanol–water partition coefficient (Wildman–Crippen LogP) is 2.48. The van der Waals surface area contributed by atoms with E-state index in [0.29, 0.717) is 6.61 Å². The molecule has 1 atom stereocenters. The molecule has 0 heterocycles. The standard InChI is InChI=1S/C15H25NO3/c1-15(2,3)16-10-14(11-17-4)19-13-8-6-12(18-5)7-9-13/h6-9,14,16H,10-11H2,1-5H3. The molecule has 0 saturated carbocycles. The van der Waals surface area contributed by atoms with Gasteiger partial charge >= 0.3 is 0 Å². The first-order chi connectivity index (χ1) is 8.94. The Kier molecular flexibility index (Phi) is 6.12. The molecule has 0 aromatic heterocycles. The first-order valence-electron chi connectivity index (χ1n) is 6.49. The van der Waals surface area contributed by atoms with Gasteiger partial charge in [-0.2, -0.15) is 0 Å². The molecule has 1 unspecified atom stereocenters. The highest BCUT2D eigenvalue weighted by atomic mass is 16.5. The molecule has 1 rings (SSSR count). The zero-order valence-corrected chi connectivity index (χ0v) is 12.5. The average molecular weight is 267 g/mol. The summed E-state index contributed by atoms with van der Waals surface area (Å²) >= 11 is 0. The minimum Gasteiger partial charge on any atom is -0.497 e. The van der Waals surface area contributed by atoms with Crippen molar-refractivity contribution in [3.8, 4) is 11.5 Å². The minimum atomic E-state index is -0.0161. The molecule has 0 bridgehead atoms. The van der Waals surface area contributed by atoms with Crippen LogP contribution in [0.3, 0.4) is 0 Å². The molecule has 0 radical (unpaired) electrons. The van der Waals surface area contributed by atoms with Crippen LogP contribution in [0.1, 0.15) is 20.8 Å². The van der Waals surface area contributed by atoms with Gasteiger partial charge in [0.25, 0.3) is 0 Å². The third-order valence-electron chi connectivity index (χ3n) is 2.57. The molecule has 4 heteroatoms. The second-order valence-electron chi connectivity index (χ2n) is 5.50. The zero-order valence-electron chi connectivity index (χ0n) is 12.5. The normalized spacial score (nSPS) is 13.1. The predicted molar refractivity (Wildman–Crippen MR) is 77.0 cm³/mol. The van der Waals surface area contributed by atoms with Crippen LogP contribution in [0.5, 0.6) is 11.5 Å². The SMILES string of the molecule is COCC(CNC(C)(C)C)Oc1ccc(OC)cc1. The fourth-order valence-corrected chi connectivity index (χ4v) is 1.59. The van der Waals surface area contributed by atoms with Crippen LogP contribution in [0.2, 0.25) is 0 Å². The number of hydrogen-bond donors (Lipinski definition) is 1. The molecule has 0 aliphatic rings. The van der Waals surface area contributed by atoms with Crippen LogP contribution < -0.4 is 14.8 Å². The van der Waals surface area contributed by atoms with Gasteiger partial charge in [0, 0.05) is 19.2 Å². The first kappa shape index (κ1) is 15.8. The average Bonchev–Trinajstić information content (AvgIpc) is 2.36. The highest BCUT2D eigenvalue weighted by Crippen LogP contribution is 2.18. The summed E-state index contributed by atoms with van der Waals surface area (Å²) in [4.78, 5) is 0. The van der Waals surface area contributed by atoms with Gasteiger partial charge < -0.3 is 19.5 Å². The van der Waals surface area contributed by atoms with E-state index in [4.69, 9.17) is 14.2 Å². The first-order valence-corrected chi connectivity index (χ1v) is 6.49. The van der Waals surface area contributed by atoms with Crippen molar-refractivity contribution in [1.29, 1.82) is 0 Å². The Morgan fingerprint density at radius 2 is 1.63 bits per heavy atom. The number of hydrogen-bond acceptors (Lipinski definition) is 4. The van der Waals surface area contributed by atoms with Crippen molar-refractivity contribution in [3.05, 3.63) is 24.3 Å². The van der Waals surface area contributed by atoms with Crippen molar-refractivity contribution in [2.75, 3.05) is 27.4 Å². The van der Waals surface area contributed by atoms with Crippen LogP contribution in [-0.4, -0.2) is 39.0 Å². The maximum atomic E-state index is 5.91. The van der Waals surface area contributed by atoms with E-state index in [9.17, 15) is 0 Å². The lowest BCUT2D eigenvalue weighted by Gasteiger charge is -2.25. The summed E-state index contributed by atoms with van der Waals surface area (Å²) in [5.74, 6) is 1.64.